The predicted octanol–water partition coefficient (Wildman–Crippen LogP) is 3.63. The molecule has 0 aromatic heterocycles. The van der Waals surface area contributed by atoms with E-state index in [9.17, 15) is 0 Å². The summed E-state index contributed by atoms with van der Waals surface area (Å²) in [5, 5.41) is 3.88. The number of rotatable bonds is 5. The molecule has 1 aliphatic carbocycles. The van der Waals surface area contributed by atoms with Crippen LogP contribution in [-0.4, -0.2) is 47.5 Å². The third-order valence-electron chi connectivity index (χ3n) is 5.26. The molecular weight excluding hydrogens is 443 g/mol. The first-order chi connectivity index (χ1) is 11.7. The van der Waals surface area contributed by atoms with E-state index in [4.69, 9.17) is 10.7 Å². The highest BCUT2D eigenvalue weighted by atomic mass is 127. The van der Waals surface area contributed by atoms with Crippen molar-refractivity contribution in [1.82, 2.24) is 10.2 Å². The van der Waals surface area contributed by atoms with Crippen molar-refractivity contribution in [3.8, 4) is 0 Å². The van der Waals surface area contributed by atoms with Crippen LogP contribution in [0.1, 0.15) is 44.2 Å². The van der Waals surface area contributed by atoms with Crippen LogP contribution in [0.2, 0.25) is 0 Å². The van der Waals surface area contributed by atoms with Gasteiger partial charge in [-0.25, -0.2) is 0 Å². The van der Waals surface area contributed by atoms with Crippen LogP contribution in [0.3, 0.4) is 0 Å². The summed E-state index contributed by atoms with van der Waals surface area (Å²) in [5.74, 6) is 3.05. The maximum absolute atomic E-state index is 6.27. The molecule has 6 heteroatoms. The summed E-state index contributed by atoms with van der Waals surface area (Å²) < 4.78 is 0. The van der Waals surface area contributed by atoms with Gasteiger partial charge in [0.05, 0.1) is 6.54 Å². The summed E-state index contributed by atoms with van der Waals surface area (Å²) in [7, 11) is 0. The zero-order chi connectivity index (χ0) is 16.8. The summed E-state index contributed by atoms with van der Waals surface area (Å²) >= 11 is 2.00. The molecule has 140 valence electrons. The van der Waals surface area contributed by atoms with Crippen molar-refractivity contribution in [3.63, 3.8) is 0 Å². The molecule has 25 heavy (non-hydrogen) atoms. The molecule has 0 radical (unpaired) electrons. The molecule has 0 spiro atoms. The van der Waals surface area contributed by atoms with E-state index in [1.807, 2.05) is 11.8 Å². The monoisotopic (exact) mass is 474 g/mol. The van der Waals surface area contributed by atoms with Crippen molar-refractivity contribution < 1.29 is 0 Å². The Balaban J connectivity index is 0.00000225. The Labute approximate surface area is 173 Å². The summed E-state index contributed by atoms with van der Waals surface area (Å²) in [5.41, 5.74) is 7.71. The largest absolute Gasteiger partial charge is 0.370 e. The molecule has 3 rings (SSSR count). The highest BCUT2D eigenvalue weighted by molar-refractivity contribution is 14.0. The zero-order valence-corrected chi connectivity index (χ0v) is 18.3. The van der Waals surface area contributed by atoms with Crippen molar-refractivity contribution in [2.45, 2.75) is 44.2 Å². The maximum atomic E-state index is 6.27. The Morgan fingerprint density at radius 1 is 1.24 bits per heavy atom. The van der Waals surface area contributed by atoms with Crippen LogP contribution in [0.15, 0.2) is 35.3 Å². The summed E-state index contributed by atoms with van der Waals surface area (Å²) in [6.07, 6.45) is 4.95. The number of nitrogens with one attached hydrogen (secondary N) is 1. The van der Waals surface area contributed by atoms with E-state index >= 15 is 0 Å². The van der Waals surface area contributed by atoms with Gasteiger partial charge in [0.2, 0.25) is 0 Å². The molecule has 1 aromatic carbocycles. The highest BCUT2D eigenvalue weighted by Gasteiger charge is 2.35. The van der Waals surface area contributed by atoms with E-state index in [1.165, 1.54) is 31.2 Å². The minimum absolute atomic E-state index is 0. The van der Waals surface area contributed by atoms with E-state index in [0.717, 1.165) is 37.1 Å². The van der Waals surface area contributed by atoms with Crippen LogP contribution in [0.4, 0.5) is 0 Å². The first-order valence-corrected chi connectivity index (χ1v) is 10.3. The Morgan fingerprint density at radius 2 is 1.88 bits per heavy atom. The number of thioether (sulfide) groups is 1. The second-order valence-corrected chi connectivity index (χ2v) is 8.26. The van der Waals surface area contributed by atoms with Crippen molar-refractivity contribution in [3.05, 3.63) is 35.9 Å². The summed E-state index contributed by atoms with van der Waals surface area (Å²) in [6.45, 7) is 5.10. The van der Waals surface area contributed by atoms with Crippen LogP contribution in [0, 0.1) is 0 Å². The summed E-state index contributed by atoms with van der Waals surface area (Å²) in [4.78, 5) is 7.03. The predicted molar refractivity (Wildman–Crippen MR) is 120 cm³/mol. The van der Waals surface area contributed by atoms with Gasteiger partial charge in [0.1, 0.15) is 0 Å². The van der Waals surface area contributed by atoms with Gasteiger partial charge in [0.25, 0.3) is 0 Å². The molecule has 1 atom stereocenters. The van der Waals surface area contributed by atoms with Crippen LogP contribution in [0.25, 0.3) is 0 Å². The molecule has 1 unspecified atom stereocenters. The van der Waals surface area contributed by atoms with Gasteiger partial charge in [0, 0.05) is 36.2 Å². The maximum Gasteiger partial charge on any atom is 0.191 e. The topological polar surface area (TPSA) is 53.6 Å². The van der Waals surface area contributed by atoms with E-state index in [2.05, 4.69) is 47.5 Å². The van der Waals surface area contributed by atoms with Gasteiger partial charge in [-0.1, -0.05) is 43.2 Å². The van der Waals surface area contributed by atoms with Gasteiger partial charge < -0.3 is 16.0 Å². The molecule has 0 bridgehead atoms. The lowest BCUT2D eigenvalue weighted by Gasteiger charge is -2.34. The van der Waals surface area contributed by atoms with Gasteiger partial charge in [-0.15, -0.1) is 24.0 Å². The fourth-order valence-corrected chi connectivity index (χ4v) is 4.71. The fourth-order valence-electron chi connectivity index (χ4n) is 3.81. The Kier molecular flexibility index (Phi) is 8.35. The average Bonchev–Trinajstić information content (AvgIpc) is 3.10. The van der Waals surface area contributed by atoms with Gasteiger partial charge in [-0.2, -0.15) is 11.8 Å². The van der Waals surface area contributed by atoms with Gasteiger partial charge in [-0.3, -0.25) is 4.99 Å². The number of guanidine groups is 1. The molecular formula is C19H31IN4S. The second-order valence-electron chi connectivity index (χ2n) is 7.04. The smallest absolute Gasteiger partial charge is 0.191 e. The van der Waals surface area contributed by atoms with Crippen molar-refractivity contribution in [1.29, 1.82) is 0 Å². The fraction of sp³-hybridized carbons (Fsp3) is 0.632. The third kappa shape index (κ3) is 5.76. The number of aliphatic imine (C=N–C) groups is 1. The molecule has 3 N–H and O–H groups in total. The molecule has 1 aliphatic heterocycles. The van der Waals surface area contributed by atoms with E-state index in [1.54, 1.807) is 0 Å². The van der Waals surface area contributed by atoms with Crippen molar-refractivity contribution in [2.75, 3.05) is 31.1 Å². The standard InChI is InChI=1S/C19H30N4S.HI/c1-16(17-7-3-2-4-8-17)22-19(9-5-6-10-19)15-21-18(20)23-11-13-24-14-12-23;/h2-4,7-8,16,22H,5-6,9-15H2,1H3,(H2,20,21);1H. The molecule has 1 heterocycles. The average molecular weight is 474 g/mol. The SMILES string of the molecule is CC(NC1(CN=C(N)N2CCSCC2)CCCC1)c1ccccc1.I. The molecule has 1 aromatic rings. The van der Waals surface area contributed by atoms with E-state index < -0.39 is 0 Å². The minimum Gasteiger partial charge on any atom is -0.370 e. The Bertz CT molecular complexity index is 540. The molecule has 4 nitrogen and oxygen atoms in total. The third-order valence-corrected chi connectivity index (χ3v) is 6.20. The van der Waals surface area contributed by atoms with Crippen LogP contribution >= 0.6 is 35.7 Å². The van der Waals surface area contributed by atoms with E-state index in [-0.39, 0.29) is 29.5 Å². The van der Waals surface area contributed by atoms with Crippen LogP contribution in [-0.2, 0) is 0 Å². The molecule has 1 saturated heterocycles. The molecule has 2 aliphatic rings. The van der Waals surface area contributed by atoms with Crippen LogP contribution < -0.4 is 11.1 Å². The highest BCUT2D eigenvalue weighted by Crippen LogP contribution is 2.32. The Morgan fingerprint density at radius 3 is 2.52 bits per heavy atom. The number of benzene rings is 1. The minimum atomic E-state index is 0. The number of halogens is 1. The first kappa shape index (κ1) is 20.8. The van der Waals surface area contributed by atoms with Crippen molar-refractivity contribution in [2.24, 2.45) is 10.7 Å². The number of nitrogens with two attached hydrogens (primary N) is 1. The van der Waals surface area contributed by atoms with Crippen molar-refractivity contribution >= 4 is 41.7 Å². The normalized spacial score (nSPS) is 21.6. The molecule has 1 saturated carbocycles. The van der Waals surface area contributed by atoms with Gasteiger partial charge >= 0.3 is 0 Å². The second kappa shape index (κ2) is 10.0. The van der Waals surface area contributed by atoms with Gasteiger partial charge in [0.15, 0.2) is 5.96 Å². The molecule has 0 amide bonds. The van der Waals surface area contributed by atoms with Gasteiger partial charge in [-0.05, 0) is 25.3 Å². The Hall–Kier alpha value is -0.470. The lowest BCUT2D eigenvalue weighted by atomic mass is 9.95. The number of hydrogen-bond acceptors (Lipinski definition) is 3. The van der Waals surface area contributed by atoms with E-state index in [0.29, 0.717) is 6.04 Å². The summed E-state index contributed by atoms with van der Waals surface area (Å²) in [6, 6.07) is 11.0. The molecule has 2 fully saturated rings. The lowest BCUT2D eigenvalue weighted by molar-refractivity contribution is 0.306. The van der Waals surface area contributed by atoms with Crippen LogP contribution in [0.5, 0.6) is 0 Å². The first-order valence-electron chi connectivity index (χ1n) is 9.14. The quantitative estimate of drug-likeness (QED) is 0.389. The zero-order valence-electron chi connectivity index (χ0n) is 15.1. The lowest BCUT2D eigenvalue weighted by Crippen LogP contribution is -2.48. The number of hydrogen-bond donors (Lipinski definition) is 2. The number of nitrogens with zero attached hydrogens (tertiary/aromatic N) is 2.